The molecule has 0 bridgehead atoms. The van der Waals surface area contributed by atoms with Crippen LogP contribution in [-0.4, -0.2) is 48.9 Å². The quantitative estimate of drug-likeness (QED) is 0.388. The summed E-state index contributed by atoms with van der Waals surface area (Å²) in [5.74, 6) is 0.300. The van der Waals surface area contributed by atoms with Crippen molar-refractivity contribution in [3.8, 4) is 0 Å². The van der Waals surface area contributed by atoms with Gasteiger partial charge in [0.05, 0.1) is 18.7 Å². The third-order valence-corrected chi connectivity index (χ3v) is 5.01. The van der Waals surface area contributed by atoms with E-state index in [1.165, 1.54) is 0 Å². The van der Waals surface area contributed by atoms with E-state index in [0.717, 1.165) is 37.1 Å². The van der Waals surface area contributed by atoms with Gasteiger partial charge in [0, 0.05) is 19.6 Å². The molecule has 1 amide bonds. The number of rotatable bonds is 8. The van der Waals surface area contributed by atoms with Crippen LogP contribution < -0.4 is 10.6 Å². The van der Waals surface area contributed by atoms with Gasteiger partial charge in [-0.3, -0.25) is 4.79 Å². The van der Waals surface area contributed by atoms with Crippen LogP contribution in [0, 0.1) is 0 Å². The van der Waals surface area contributed by atoms with Gasteiger partial charge in [0.2, 0.25) is 5.91 Å². The largest absolute Gasteiger partial charge is 0.457 e. The molecule has 2 N–H and O–H groups in total. The number of nitrogens with zero attached hydrogens (tertiary/aromatic N) is 2. The van der Waals surface area contributed by atoms with E-state index in [0.29, 0.717) is 24.6 Å². The second-order valence-electron chi connectivity index (χ2n) is 7.40. The van der Waals surface area contributed by atoms with Gasteiger partial charge in [-0.15, -0.1) is 0 Å². The van der Waals surface area contributed by atoms with Crippen molar-refractivity contribution in [3.05, 3.63) is 71.3 Å². The Labute approximate surface area is 183 Å². The number of hydrogen-bond acceptors (Lipinski definition) is 4. The fourth-order valence-electron chi connectivity index (χ4n) is 3.35. The lowest BCUT2D eigenvalue weighted by molar-refractivity contribution is -0.128. The molecule has 7 heteroatoms. The minimum atomic E-state index is -0.365. The fourth-order valence-corrected chi connectivity index (χ4v) is 3.35. The van der Waals surface area contributed by atoms with Gasteiger partial charge in [-0.05, 0) is 43.0 Å². The summed E-state index contributed by atoms with van der Waals surface area (Å²) in [7, 11) is 0. The summed E-state index contributed by atoms with van der Waals surface area (Å²) in [6.45, 7) is 5.17. The number of nitrogens with one attached hydrogen (secondary N) is 2. The van der Waals surface area contributed by atoms with Crippen molar-refractivity contribution in [2.45, 2.75) is 32.9 Å². The van der Waals surface area contributed by atoms with Crippen LogP contribution in [0.4, 0.5) is 0 Å². The zero-order valence-corrected chi connectivity index (χ0v) is 18.0. The molecule has 0 atom stereocenters. The molecule has 1 aliphatic heterocycles. The van der Waals surface area contributed by atoms with Crippen molar-refractivity contribution in [1.29, 1.82) is 0 Å². The maximum atomic E-state index is 12.4. The minimum absolute atomic E-state index is 0.0891. The number of carbonyl (C=O) groups excluding carboxylic acids is 2. The Morgan fingerprint density at radius 2 is 1.74 bits per heavy atom. The van der Waals surface area contributed by atoms with Crippen LogP contribution in [0.3, 0.4) is 0 Å². The van der Waals surface area contributed by atoms with Crippen LogP contribution in [-0.2, 0) is 22.7 Å². The molecule has 2 aromatic rings. The number of likely N-dealkylation sites (tertiary alicyclic amines) is 1. The first-order valence-electron chi connectivity index (χ1n) is 10.8. The topological polar surface area (TPSA) is 83.0 Å². The van der Waals surface area contributed by atoms with E-state index >= 15 is 0 Å². The van der Waals surface area contributed by atoms with Crippen molar-refractivity contribution in [2.75, 3.05) is 26.2 Å². The summed E-state index contributed by atoms with van der Waals surface area (Å²) in [6, 6.07) is 16.8. The first-order valence-corrected chi connectivity index (χ1v) is 10.8. The van der Waals surface area contributed by atoms with E-state index in [1.54, 1.807) is 12.1 Å². The molecular formula is C24H30N4O3. The van der Waals surface area contributed by atoms with E-state index in [2.05, 4.69) is 15.6 Å². The standard InChI is InChI=1S/C24H30N4O3/c1-2-25-24(27-17-22(29)28-13-6-7-14-28)26-16-20-11-8-12-21(15-20)23(30)31-18-19-9-4-3-5-10-19/h3-5,8-12,15H,2,6-7,13-14,16-18H2,1H3,(H2,25,26,27). The van der Waals surface area contributed by atoms with Gasteiger partial charge in [0.25, 0.3) is 0 Å². The minimum Gasteiger partial charge on any atom is -0.457 e. The Bertz CT molecular complexity index is 893. The SMILES string of the molecule is CCNC(=NCc1cccc(C(=O)OCc2ccccc2)c1)NCC(=O)N1CCCC1. The summed E-state index contributed by atoms with van der Waals surface area (Å²) in [6.07, 6.45) is 2.15. The molecule has 2 aromatic carbocycles. The number of aliphatic imine (C=N–C) groups is 1. The van der Waals surface area contributed by atoms with Crippen LogP contribution >= 0.6 is 0 Å². The van der Waals surface area contributed by atoms with Crippen molar-refractivity contribution >= 4 is 17.8 Å². The Kier molecular flexibility index (Phi) is 8.46. The van der Waals surface area contributed by atoms with Crippen molar-refractivity contribution in [3.63, 3.8) is 0 Å². The smallest absolute Gasteiger partial charge is 0.338 e. The van der Waals surface area contributed by atoms with E-state index < -0.39 is 0 Å². The van der Waals surface area contributed by atoms with Gasteiger partial charge in [-0.1, -0.05) is 42.5 Å². The van der Waals surface area contributed by atoms with E-state index in [1.807, 2.05) is 54.3 Å². The number of carbonyl (C=O) groups is 2. The molecule has 0 spiro atoms. The van der Waals surface area contributed by atoms with Gasteiger partial charge >= 0.3 is 5.97 Å². The Hall–Kier alpha value is -3.35. The highest BCUT2D eigenvalue weighted by molar-refractivity contribution is 5.89. The number of benzene rings is 2. The summed E-state index contributed by atoms with van der Waals surface area (Å²) >= 11 is 0. The predicted molar refractivity (Wildman–Crippen MR) is 121 cm³/mol. The predicted octanol–water partition coefficient (Wildman–Crippen LogP) is 2.72. The number of amides is 1. The summed E-state index contributed by atoms with van der Waals surface area (Å²) < 4.78 is 5.41. The number of ether oxygens (including phenoxy) is 1. The third-order valence-electron chi connectivity index (χ3n) is 5.01. The lowest BCUT2D eigenvalue weighted by Gasteiger charge is -2.17. The van der Waals surface area contributed by atoms with Crippen LogP contribution in [0.1, 0.15) is 41.3 Å². The molecule has 3 rings (SSSR count). The molecule has 0 aliphatic carbocycles. The number of hydrogen-bond donors (Lipinski definition) is 2. The van der Waals surface area contributed by atoms with E-state index in [4.69, 9.17) is 4.74 Å². The van der Waals surface area contributed by atoms with Crippen LogP contribution in [0.5, 0.6) is 0 Å². The van der Waals surface area contributed by atoms with Crippen LogP contribution in [0.2, 0.25) is 0 Å². The highest BCUT2D eigenvalue weighted by atomic mass is 16.5. The Morgan fingerprint density at radius 1 is 1.00 bits per heavy atom. The lowest BCUT2D eigenvalue weighted by atomic mass is 10.1. The molecule has 0 radical (unpaired) electrons. The van der Waals surface area contributed by atoms with Gasteiger partial charge in [-0.25, -0.2) is 9.79 Å². The number of esters is 1. The highest BCUT2D eigenvalue weighted by Gasteiger charge is 2.17. The molecule has 7 nitrogen and oxygen atoms in total. The second-order valence-corrected chi connectivity index (χ2v) is 7.40. The molecule has 0 unspecified atom stereocenters. The van der Waals surface area contributed by atoms with E-state index in [9.17, 15) is 9.59 Å². The first kappa shape index (κ1) is 22.3. The lowest BCUT2D eigenvalue weighted by Crippen LogP contribution is -2.44. The van der Waals surface area contributed by atoms with Gasteiger partial charge in [0.15, 0.2) is 5.96 Å². The molecule has 0 saturated carbocycles. The zero-order chi connectivity index (χ0) is 21.9. The monoisotopic (exact) mass is 422 g/mol. The molecule has 0 aromatic heterocycles. The summed E-state index contributed by atoms with van der Waals surface area (Å²) in [5.41, 5.74) is 2.32. The van der Waals surface area contributed by atoms with Crippen LogP contribution in [0.25, 0.3) is 0 Å². The molecule has 31 heavy (non-hydrogen) atoms. The molecule has 1 fully saturated rings. The maximum absolute atomic E-state index is 12.4. The van der Waals surface area contributed by atoms with Gasteiger partial charge in [-0.2, -0.15) is 0 Å². The first-order chi connectivity index (χ1) is 15.2. The average Bonchev–Trinajstić information content (AvgIpc) is 3.35. The van der Waals surface area contributed by atoms with Gasteiger partial charge in [0.1, 0.15) is 6.61 Å². The Morgan fingerprint density at radius 3 is 2.48 bits per heavy atom. The van der Waals surface area contributed by atoms with Crippen LogP contribution in [0.15, 0.2) is 59.6 Å². The van der Waals surface area contributed by atoms with Gasteiger partial charge < -0.3 is 20.3 Å². The third kappa shape index (κ3) is 7.13. The maximum Gasteiger partial charge on any atom is 0.338 e. The highest BCUT2D eigenvalue weighted by Crippen LogP contribution is 2.10. The van der Waals surface area contributed by atoms with Crippen molar-refractivity contribution in [2.24, 2.45) is 4.99 Å². The van der Waals surface area contributed by atoms with Crippen molar-refractivity contribution in [1.82, 2.24) is 15.5 Å². The summed E-state index contributed by atoms with van der Waals surface area (Å²) in [4.78, 5) is 31.1. The molecule has 164 valence electrons. The Balaban J connectivity index is 1.55. The summed E-state index contributed by atoms with van der Waals surface area (Å²) in [5, 5.41) is 6.25. The van der Waals surface area contributed by atoms with E-state index in [-0.39, 0.29) is 25.0 Å². The molecule has 1 aliphatic rings. The molecule has 1 saturated heterocycles. The second kappa shape index (κ2) is 11.7. The molecular weight excluding hydrogens is 392 g/mol. The normalized spacial score (nSPS) is 13.7. The fraction of sp³-hybridized carbons (Fsp3) is 0.375. The average molecular weight is 423 g/mol. The zero-order valence-electron chi connectivity index (χ0n) is 18.0. The van der Waals surface area contributed by atoms with Crippen molar-refractivity contribution < 1.29 is 14.3 Å². The molecule has 1 heterocycles. The number of guanidine groups is 1.